The Morgan fingerprint density at radius 2 is 1.90 bits per heavy atom. The van der Waals surface area contributed by atoms with Gasteiger partial charge in [-0.1, -0.05) is 43.3 Å². The molecule has 20 heavy (non-hydrogen) atoms. The maximum Gasteiger partial charge on any atom is 0.115 e. The van der Waals surface area contributed by atoms with Crippen molar-refractivity contribution in [3.8, 4) is 5.75 Å². The predicted octanol–water partition coefficient (Wildman–Crippen LogP) is 4.12. The molecule has 0 aliphatic heterocycles. The number of benzene rings is 2. The number of hydrogen-bond acceptors (Lipinski definition) is 2. The van der Waals surface area contributed by atoms with Crippen molar-refractivity contribution in [3.05, 3.63) is 65.2 Å². The molecule has 0 amide bonds. The summed E-state index contributed by atoms with van der Waals surface area (Å²) in [6.07, 6.45) is 3.39. The zero-order chi connectivity index (χ0) is 13.9. The van der Waals surface area contributed by atoms with Crippen molar-refractivity contribution in [1.82, 2.24) is 5.32 Å². The summed E-state index contributed by atoms with van der Waals surface area (Å²) in [7, 11) is 0. The third-order valence-corrected chi connectivity index (χ3v) is 4.24. The van der Waals surface area contributed by atoms with Gasteiger partial charge in [0.15, 0.2) is 0 Å². The van der Waals surface area contributed by atoms with Crippen LogP contribution in [0.4, 0.5) is 0 Å². The largest absolute Gasteiger partial charge is 0.508 e. The number of aromatic hydroxyl groups is 1. The highest BCUT2D eigenvalue weighted by Crippen LogP contribution is 2.33. The number of phenolic OH excluding ortho intramolecular Hbond substituents is 1. The van der Waals surface area contributed by atoms with Gasteiger partial charge in [-0.25, -0.2) is 0 Å². The molecule has 2 aromatic rings. The fourth-order valence-electron chi connectivity index (χ4n) is 3.13. The van der Waals surface area contributed by atoms with E-state index in [4.69, 9.17) is 0 Å². The molecule has 2 N–H and O–H groups in total. The van der Waals surface area contributed by atoms with Gasteiger partial charge >= 0.3 is 0 Å². The van der Waals surface area contributed by atoms with E-state index in [2.05, 4.69) is 36.5 Å². The summed E-state index contributed by atoms with van der Waals surface area (Å²) >= 11 is 0. The second-order valence-electron chi connectivity index (χ2n) is 5.51. The molecule has 0 radical (unpaired) electrons. The van der Waals surface area contributed by atoms with Gasteiger partial charge in [-0.15, -0.1) is 0 Å². The van der Waals surface area contributed by atoms with E-state index in [0.717, 1.165) is 6.42 Å². The van der Waals surface area contributed by atoms with Gasteiger partial charge in [0.25, 0.3) is 0 Å². The monoisotopic (exact) mass is 267 g/mol. The van der Waals surface area contributed by atoms with Crippen molar-refractivity contribution in [3.63, 3.8) is 0 Å². The first-order valence-corrected chi connectivity index (χ1v) is 7.40. The second kappa shape index (κ2) is 5.68. The lowest BCUT2D eigenvalue weighted by Gasteiger charge is -2.23. The Labute approximate surface area is 120 Å². The highest BCUT2D eigenvalue weighted by Gasteiger charge is 2.24. The average molecular weight is 267 g/mol. The number of fused-ring (bicyclic) bond motifs is 1. The summed E-state index contributed by atoms with van der Waals surface area (Å²) in [6.45, 7) is 2.20. The van der Waals surface area contributed by atoms with Crippen LogP contribution in [-0.2, 0) is 6.42 Å². The van der Waals surface area contributed by atoms with Crippen molar-refractivity contribution in [1.29, 1.82) is 0 Å². The molecule has 1 aliphatic rings. The van der Waals surface area contributed by atoms with Crippen LogP contribution in [0.3, 0.4) is 0 Å². The molecular weight excluding hydrogens is 246 g/mol. The van der Waals surface area contributed by atoms with Crippen LogP contribution in [0, 0.1) is 0 Å². The van der Waals surface area contributed by atoms with Crippen LogP contribution in [-0.4, -0.2) is 5.11 Å². The maximum absolute atomic E-state index is 9.41. The van der Waals surface area contributed by atoms with E-state index in [1.807, 2.05) is 12.1 Å². The Morgan fingerprint density at radius 3 is 2.65 bits per heavy atom. The fraction of sp³-hybridized carbons (Fsp3) is 0.333. The van der Waals surface area contributed by atoms with Crippen molar-refractivity contribution in [2.24, 2.45) is 0 Å². The molecule has 2 unspecified atom stereocenters. The topological polar surface area (TPSA) is 32.3 Å². The van der Waals surface area contributed by atoms with Gasteiger partial charge < -0.3 is 10.4 Å². The highest BCUT2D eigenvalue weighted by molar-refractivity contribution is 5.35. The summed E-state index contributed by atoms with van der Waals surface area (Å²) in [5, 5.41) is 13.2. The minimum Gasteiger partial charge on any atom is -0.508 e. The lowest BCUT2D eigenvalue weighted by Crippen LogP contribution is -2.24. The molecule has 3 rings (SSSR count). The van der Waals surface area contributed by atoms with E-state index in [1.54, 1.807) is 12.1 Å². The fourth-order valence-corrected chi connectivity index (χ4v) is 3.13. The van der Waals surface area contributed by atoms with Gasteiger partial charge in [0, 0.05) is 12.1 Å². The van der Waals surface area contributed by atoms with Crippen molar-refractivity contribution >= 4 is 0 Å². The van der Waals surface area contributed by atoms with E-state index in [0.29, 0.717) is 17.8 Å². The first-order valence-electron chi connectivity index (χ1n) is 7.40. The molecule has 0 spiro atoms. The van der Waals surface area contributed by atoms with Crippen LogP contribution in [0.2, 0.25) is 0 Å². The molecule has 0 bridgehead atoms. The molecule has 0 saturated heterocycles. The van der Waals surface area contributed by atoms with E-state index in [-0.39, 0.29) is 0 Å². The minimum absolute atomic E-state index is 0.329. The third kappa shape index (κ3) is 2.56. The van der Waals surface area contributed by atoms with Gasteiger partial charge in [0.05, 0.1) is 0 Å². The van der Waals surface area contributed by atoms with Crippen molar-refractivity contribution in [2.75, 3.05) is 0 Å². The lowest BCUT2D eigenvalue weighted by molar-refractivity contribution is 0.431. The van der Waals surface area contributed by atoms with E-state index in [1.165, 1.54) is 29.5 Å². The standard InChI is InChI=1S/C18H21NO/c1-2-17(14-7-10-15(20)11-8-14)19-18-12-9-13-5-3-4-6-16(13)18/h3-8,10-11,17-20H,2,9,12H2,1H3. The molecule has 2 nitrogen and oxygen atoms in total. The van der Waals surface area contributed by atoms with Gasteiger partial charge in [0.2, 0.25) is 0 Å². The highest BCUT2D eigenvalue weighted by atomic mass is 16.3. The second-order valence-corrected chi connectivity index (χ2v) is 5.51. The van der Waals surface area contributed by atoms with E-state index in [9.17, 15) is 5.11 Å². The summed E-state index contributed by atoms with van der Waals surface area (Å²) < 4.78 is 0. The van der Waals surface area contributed by atoms with Crippen molar-refractivity contribution < 1.29 is 5.11 Å². The van der Waals surface area contributed by atoms with Gasteiger partial charge in [-0.05, 0) is 48.1 Å². The molecule has 104 valence electrons. The summed E-state index contributed by atoms with van der Waals surface area (Å²) in [4.78, 5) is 0. The molecule has 0 heterocycles. The van der Waals surface area contributed by atoms with Gasteiger partial charge in [-0.3, -0.25) is 0 Å². The smallest absolute Gasteiger partial charge is 0.115 e. The molecule has 1 aliphatic carbocycles. The minimum atomic E-state index is 0.329. The predicted molar refractivity (Wildman–Crippen MR) is 81.8 cm³/mol. The molecule has 2 heteroatoms. The number of phenols is 1. The quantitative estimate of drug-likeness (QED) is 0.873. The molecule has 2 atom stereocenters. The molecule has 2 aromatic carbocycles. The number of aryl methyl sites for hydroxylation is 1. The maximum atomic E-state index is 9.41. The SMILES string of the molecule is CCC(NC1CCc2ccccc21)c1ccc(O)cc1. The first-order chi connectivity index (χ1) is 9.78. The normalized spacial score (nSPS) is 18.8. The van der Waals surface area contributed by atoms with Crippen LogP contribution in [0.15, 0.2) is 48.5 Å². The Bertz CT molecular complexity index is 576. The molecule has 0 fully saturated rings. The van der Waals surface area contributed by atoms with Crippen LogP contribution >= 0.6 is 0 Å². The molecule has 0 saturated carbocycles. The Balaban J connectivity index is 1.78. The third-order valence-electron chi connectivity index (χ3n) is 4.24. The van der Waals surface area contributed by atoms with E-state index < -0.39 is 0 Å². The lowest BCUT2D eigenvalue weighted by atomic mass is 10.0. The molecular formula is C18H21NO. The van der Waals surface area contributed by atoms with Crippen LogP contribution in [0.5, 0.6) is 5.75 Å². The van der Waals surface area contributed by atoms with Crippen LogP contribution in [0.1, 0.15) is 48.5 Å². The molecule has 0 aromatic heterocycles. The van der Waals surface area contributed by atoms with Gasteiger partial charge in [0.1, 0.15) is 5.75 Å². The van der Waals surface area contributed by atoms with Gasteiger partial charge in [-0.2, -0.15) is 0 Å². The Morgan fingerprint density at radius 1 is 1.15 bits per heavy atom. The summed E-state index contributed by atoms with van der Waals surface area (Å²) in [5.41, 5.74) is 4.17. The number of nitrogens with one attached hydrogen (secondary N) is 1. The van der Waals surface area contributed by atoms with Crippen molar-refractivity contribution in [2.45, 2.75) is 38.3 Å². The summed E-state index contributed by atoms with van der Waals surface area (Å²) in [5.74, 6) is 0.329. The zero-order valence-electron chi connectivity index (χ0n) is 11.8. The van der Waals surface area contributed by atoms with E-state index >= 15 is 0 Å². The summed E-state index contributed by atoms with van der Waals surface area (Å²) in [6, 6.07) is 17.1. The number of hydrogen-bond donors (Lipinski definition) is 2. The Hall–Kier alpha value is -1.80. The number of rotatable bonds is 4. The zero-order valence-corrected chi connectivity index (χ0v) is 11.8. The first kappa shape index (κ1) is 13.2. The van der Waals surface area contributed by atoms with Crippen LogP contribution in [0.25, 0.3) is 0 Å². The average Bonchev–Trinajstić information content (AvgIpc) is 2.89. The van der Waals surface area contributed by atoms with Crippen LogP contribution < -0.4 is 5.32 Å². The Kier molecular flexibility index (Phi) is 3.75.